The fourth-order valence-electron chi connectivity index (χ4n) is 3.76. The molecule has 0 radical (unpaired) electrons. The van der Waals surface area contributed by atoms with Crippen molar-refractivity contribution in [3.8, 4) is 6.07 Å². The van der Waals surface area contributed by atoms with Gasteiger partial charge in [0.25, 0.3) is 0 Å². The molecule has 118 valence electrons. The van der Waals surface area contributed by atoms with Gasteiger partial charge in [0.05, 0.1) is 11.3 Å². The minimum atomic E-state index is 0.380. The standard InChI is InChI=1S/C17H18ClN5/c18-14-5-6-15(13(9-14)10-19)22-7-1-3-12(11-22)17-21-20-16-4-2-8-23(16)17/h5-6,9,12H,1-4,7-8,11H2. The van der Waals surface area contributed by atoms with Gasteiger partial charge in [-0.15, -0.1) is 10.2 Å². The van der Waals surface area contributed by atoms with Crippen LogP contribution in [0.2, 0.25) is 5.02 Å². The van der Waals surface area contributed by atoms with Crippen LogP contribution in [0.4, 0.5) is 5.69 Å². The van der Waals surface area contributed by atoms with Crippen LogP contribution in [0.25, 0.3) is 0 Å². The van der Waals surface area contributed by atoms with E-state index in [-0.39, 0.29) is 0 Å². The number of aromatic nitrogens is 3. The molecule has 0 N–H and O–H groups in total. The number of nitrogens with zero attached hydrogens (tertiary/aromatic N) is 5. The molecule has 1 fully saturated rings. The second-order valence-electron chi connectivity index (χ2n) is 6.29. The van der Waals surface area contributed by atoms with E-state index in [1.165, 1.54) is 6.42 Å². The first kappa shape index (κ1) is 14.5. The highest BCUT2D eigenvalue weighted by Crippen LogP contribution is 2.33. The lowest BCUT2D eigenvalue weighted by Crippen LogP contribution is -2.35. The molecule has 1 aromatic carbocycles. The van der Waals surface area contributed by atoms with E-state index in [1.54, 1.807) is 6.07 Å². The molecule has 1 saturated heterocycles. The van der Waals surface area contributed by atoms with Gasteiger partial charge in [-0.25, -0.2) is 0 Å². The number of hydrogen-bond acceptors (Lipinski definition) is 4. The van der Waals surface area contributed by atoms with Crippen molar-refractivity contribution in [1.29, 1.82) is 5.26 Å². The summed E-state index contributed by atoms with van der Waals surface area (Å²) in [7, 11) is 0. The normalized spacial score (nSPS) is 20.3. The largest absolute Gasteiger partial charge is 0.370 e. The number of halogens is 1. The molecule has 5 nitrogen and oxygen atoms in total. The molecule has 0 spiro atoms. The summed E-state index contributed by atoms with van der Waals surface area (Å²) in [4.78, 5) is 2.29. The van der Waals surface area contributed by atoms with Crippen molar-refractivity contribution in [2.75, 3.05) is 18.0 Å². The van der Waals surface area contributed by atoms with Gasteiger partial charge in [-0.3, -0.25) is 0 Å². The Morgan fingerprint density at radius 2 is 2.13 bits per heavy atom. The van der Waals surface area contributed by atoms with Crippen LogP contribution >= 0.6 is 11.6 Å². The van der Waals surface area contributed by atoms with E-state index < -0.39 is 0 Å². The maximum Gasteiger partial charge on any atom is 0.137 e. The van der Waals surface area contributed by atoms with Gasteiger partial charge in [-0.05, 0) is 37.5 Å². The van der Waals surface area contributed by atoms with Gasteiger partial charge in [0.1, 0.15) is 17.7 Å². The first-order valence-corrected chi connectivity index (χ1v) is 8.50. The Kier molecular flexibility index (Phi) is 3.70. The van der Waals surface area contributed by atoms with Crippen molar-refractivity contribution in [2.45, 2.75) is 38.1 Å². The number of nitriles is 1. The Balaban J connectivity index is 1.61. The number of aryl methyl sites for hydroxylation is 1. The molecule has 1 aromatic heterocycles. The average molecular weight is 328 g/mol. The van der Waals surface area contributed by atoms with Crippen LogP contribution in [0.5, 0.6) is 0 Å². The third-order valence-electron chi connectivity index (χ3n) is 4.84. The summed E-state index contributed by atoms with van der Waals surface area (Å²) >= 11 is 6.02. The van der Waals surface area contributed by atoms with E-state index in [4.69, 9.17) is 11.6 Å². The lowest BCUT2D eigenvalue weighted by atomic mass is 9.96. The maximum absolute atomic E-state index is 9.39. The molecule has 2 aromatic rings. The quantitative estimate of drug-likeness (QED) is 0.850. The van der Waals surface area contributed by atoms with E-state index in [2.05, 4.69) is 25.7 Å². The fourth-order valence-corrected chi connectivity index (χ4v) is 3.93. The molecule has 2 aliphatic heterocycles. The summed E-state index contributed by atoms with van der Waals surface area (Å²) in [6, 6.07) is 7.82. The van der Waals surface area contributed by atoms with Crippen molar-refractivity contribution < 1.29 is 0 Å². The molecule has 2 aliphatic rings. The van der Waals surface area contributed by atoms with E-state index in [1.807, 2.05) is 12.1 Å². The number of piperidine rings is 1. The Morgan fingerprint density at radius 3 is 3.00 bits per heavy atom. The average Bonchev–Trinajstić information content (AvgIpc) is 3.18. The molecule has 0 aliphatic carbocycles. The van der Waals surface area contributed by atoms with Crippen LogP contribution in [0.3, 0.4) is 0 Å². The Labute approximate surface area is 140 Å². The van der Waals surface area contributed by atoms with Gasteiger partial charge in [-0.2, -0.15) is 5.26 Å². The predicted octanol–water partition coefficient (Wildman–Crippen LogP) is 3.13. The van der Waals surface area contributed by atoms with E-state index >= 15 is 0 Å². The number of fused-ring (bicyclic) bond motifs is 1. The lowest BCUT2D eigenvalue weighted by molar-refractivity contribution is 0.473. The second-order valence-corrected chi connectivity index (χ2v) is 6.72. The van der Waals surface area contributed by atoms with Crippen molar-refractivity contribution in [2.24, 2.45) is 0 Å². The molecule has 0 saturated carbocycles. The van der Waals surface area contributed by atoms with Crippen LogP contribution < -0.4 is 4.90 Å². The third-order valence-corrected chi connectivity index (χ3v) is 5.08. The SMILES string of the molecule is N#Cc1cc(Cl)ccc1N1CCCC(c2nnc3n2CCC3)C1. The van der Waals surface area contributed by atoms with Crippen LogP contribution in [-0.2, 0) is 13.0 Å². The highest BCUT2D eigenvalue weighted by Gasteiger charge is 2.29. The molecule has 4 rings (SSSR count). The number of hydrogen-bond donors (Lipinski definition) is 0. The topological polar surface area (TPSA) is 57.7 Å². The first-order valence-electron chi connectivity index (χ1n) is 8.13. The highest BCUT2D eigenvalue weighted by atomic mass is 35.5. The van der Waals surface area contributed by atoms with Gasteiger partial charge in [-0.1, -0.05) is 11.6 Å². The summed E-state index contributed by atoms with van der Waals surface area (Å²) < 4.78 is 2.29. The highest BCUT2D eigenvalue weighted by molar-refractivity contribution is 6.30. The molecular formula is C17H18ClN5. The fraction of sp³-hybridized carbons (Fsp3) is 0.471. The molecule has 0 amide bonds. The van der Waals surface area contributed by atoms with Crippen LogP contribution in [-0.4, -0.2) is 27.9 Å². The van der Waals surface area contributed by atoms with Gasteiger partial charge in [0.2, 0.25) is 0 Å². The summed E-state index contributed by atoms with van der Waals surface area (Å²) in [5.74, 6) is 2.63. The minimum Gasteiger partial charge on any atom is -0.370 e. The maximum atomic E-state index is 9.39. The number of benzene rings is 1. The molecule has 1 unspecified atom stereocenters. The van der Waals surface area contributed by atoms with Crippen molar-refractivity contribution in [3.05, 3.63) is 40.4 Å². The van der Waals surface area contributed by atoms with Crippen molar-refractivity contribution in [3.63, 3.8) is 0 Å². The molecule has 6 heteroatoms. The van der Waals surface area contributed by atoms with E-state index in [0.29, 0.717) is 16.5 Å². The van der Waals surface area contributed by atoms with Gasteiger partial charge in [0.15, 0.2) is 0 Å². The molecule has 23 heavy (non-hydrogen) atoms. The lowest BCUT2D eigenvalue weighted by Gasteiger charge is -2.34. The molecule has 3 heterocycles. The minimum absolute atomic E-state index is 0.380. The van der Waals surface area contributed by atoms with E-state index in [0.717, 1.165) is 56.2 Å². The first-order chi connectivity index (χ1) is 11.3. The Bertz CT molecular complexity index is 776. The van der Waals surface area contributed by atoms with Gasteiger partial charge >= 0.3 is 0 Å². The summed E-state index contributed by atoms with van der Waals surface area (Å²) in [5.41, 5.74) is 1.62. The summed E-state index contributed by atoms with van der Waals surface area (Å²) in [5, 5.41) is 18.8. The zero-order valence-corrected chi connectivity index (χ0v) is 13.6. The summed E-state index contributed by atoms with van der Waals surface area (Å²) in [6.45, 7) is 2.89. The van der Waals surface area contributed by atoms with Crippen molar-refractivity contribution >= 4 is 17.3 Å². The zero-order valence-electron chi connectivity index (χ0n) is 12.9. The second kappa shape index (κ2) is 5.86. The monoisotopic (exact) mass is 327 g/mol. The summed E-state index contributed by atoms with van der Waals surface area (Å²) in [6.07, 6.45) is 4.44. The van der Waals surface area contributed by atoms with Crippen molar-refractivity contribution in [1.82, 2.24) is 14.8 Å². The predicted molar refractivity (Wildman–Crippen MR) is 88.7 cm³/mol. The van der Waals surface area contributed by atoms with Gasteiger partial charge in [0, 0.05) is 37.0 Å². The Morgan fingerprint density at radius 1 is 1.22 bits per heavy atom. The Hall–Kier alpha value is -2.06. The number of rotatable bonds is 2. The molecule has 0 bridgehead atoms. The number of anilines is 1. The van der Waals surface area contributed by atoms with Gasteiger partial charge < -0.3 is 9.47 Å². The van der Waals surface area contributed by atoms with E-state index in [9.17, 15) is 5.26 Å². The molecule has 1 atom stereocenters. The third kappa shape index (κ3) is 2.57. The van der Waals surface area contributed by atoms with Crippen LogP contribution in [0.15, 0.2) is 18.2 Å². The zero-order chi connectivity index (χ0) is 15.8. The van der Waals surface area contributed by atoms with Crippen LogP contribution in [0.1, 0.15) is 42.4 Å². The smallest absolute Gasteiger partial charge is 0.137 e. The van der Waals surface area contributed by atoms with Crippen LogP contribution in [0, 0.1) is 11.3 Å². The molecular weight excluding hydrogens is 310 g/mol.